The third-order valence-corrected chi connectivity index (χ3v) is 17.7. The number of halogens is 2. The minimum atomic E-state index is 0.801. The van der Waals surface area contributed by atoms with Crippen LogP contribution in [0.5, 0.6) is 11.5 Å². The molecule has 0 saturated carbocycles. The number of aryl methyl sites for hydroxylation is 18. The summed E-state index contributed by atoms with van der Waals surface area (Å²) >= 11 is 17.9. The maximum Gasteiger partial charge on any atom is 0.136 e. The molecule has 9 nitrogen and oxygen atoms in total. The second-order valence-corrected chi connectivity index (χ2v) is 28.1. The van der Waals surface area contributed by atoms with Crippen LogP contribution in [0.3, 0.4) is 0 Å². The van der Waals surface area contributed by atoms with Crippen LogP contribution in [-0.4, -0.2) is 44.5 Å². The van der Waals surface area contributed by atoms with Crippen molar-refractivity contribution >= 4 is 68.5 Å². The molecule has 0 bridgehead atoms. The van der Waals surface area contributed by atoms with Crippen LogP contribution in [0.25, 0.3) is 0 Å². The zero-order valence-electron chi connectivity index (χ0n) is 64.1. The second-order valence-electron chi connectivity index (χ2n) is 22.9. The van der Waals surface area contributed by atoms with Gasteiger partial charge >= 0.3 is 0 Å². The lowest BCUT2D eigenvalue weighted by Crippen LogP contribution is -1.83. The van der Waals surface area contributed by atoms with Crippen molar-refractivity contribution < 1.29 is 14.0 Å². The Hall–Kier alpha value is -8.40. The summed E-state index contributed by atoms with van der Waals surface area (Å²) in [7, 11) is 3.35. The summed E-state index contributed by atoms with van der Waals surface area (Å²) in [4.78, 5) is 13.4. The molecule has 13 rings (SSSR count). The monoisotopic (exact) mass is 1480 g/mol. The highest BCUT2D eigenvalue weighted by molar-refractivity contribution is 7.11. The van der Waals surface area contributed by atoms with Gasteiger partial charge in [0.2, 0.25) is 0 Å². The normalized spacial score (nSPS) is 9.28. The number of thiazole rings is 3. The van der Waals surface area contributed by atoms with Crippen LogP contribution >= 0.6 is 68.5 Å². The number of ether oxygens (including phenoxy) is 2. The minimum Gasteiger partial charge on any atom is -0.497 e. The molecule has 8 aromatic carbocycles. The molecule has 0 aliphatic heterocycles. The summed E-state index contributed by atoms with van der Waals surface area (Å²) in [5.74, 6) is 2.76. The summed E-state index contributed by atoms with van der Waals surface area (Å²) in [6, 6.07) is 69.6. The smallest absolute Gasteiger partial charge is 0.136 e. The Balaban J connectivity index is 0.000000554. The van der Waals surface area contributed by atoms with Crippen LogP contribution in [0.2, 0.25) is 10.0 Å². The first-order valence-corrected chi connectivity index (χ1v) is 38.2. The van der Waals surface area contributed by atoms with Crippen LogP contribution in [-0.2, 0) is 25.7 Å². The molecule has 0 aliphatic carbocycles. The zero-order chi connectivity index (χ0) is 75.9. The van der Waals surface area contributed by atoms with Gasteiger partial charge in [-0.25, -0.2) is 4.98 Å². The number of benzene rings is 8. The molecule has 0 N–H and O–H groups in total. The van der Waals surface area contributed by atoms with E-state index in [4.69, 9.17) is 37.2 Å². The van der Waals surface area contributed by atoms with E-state index >= 15 is 0 Å². The maximum absolute atomic E-state index is 5.67. The van der Waals surface area contributed by atoms with E-state index in [0.717, 1.165) is 80.0 Å². The van der Waals surface area contributed by atoms with Gasteiger partial charge in [-0.15, -0.1) is 55.5 Å². The standard InChI is InChI=1S/C9H12O.C9H12.C8H9Cl.C8H10O.2C8H10.C7H7Cl.C7H8.C6H9NO.C6H9NS.2C4H5NS.C3H4N2S/c1-3-8-4-6-9(10-2)7-5-8;1-3-9-6-4-8(2)5-7-9;1-2-7-3-5-8(9)6-4-7;1-7-3-5-8(9-2)6-4-7;1-7-3-5-8(2)6-4-7;1-2-8-6-4-3-5-7-8;1-6-2-4-7(8)5-3-6;1-7-5-3-2-4-6-7;1-4-5(2)7-8-6(4)3;1-4-5(2)8-6(3)7-4;1-4-2-6-3-5-4;1-4-5-2-3-6-4;1-3-5-4-2-6-3/h4-7H,3H2,1-2H3;4-7H,3H2,1-2H3;3-6H,2H2,1H3;3-6H,1-2H3;3-6H,1-2H3;3-7H,2H2,1H3;2-5H,1H3;2-6H,1H3;2*1-3H3;2*2-3H,1H3;2H,1H3. The molecule has 0 amide bonds. The maximum atomic E-state index is 5.67. The van der Waals surface area contributed by atoms with E-state index in [1.165, 1.54) is 71.2 Å². The fraction of sp³-hybridized carbons (Fsp3) is 0.287. The van der Waals surface area contributed by atoms with E-state index < -0.39 is 0 Å². The Morgan fingerprint density at radius 2 is 0.775 bits per heavy atom. The van der Waals surface area contributed by atoms with Crippen molar-refractivity contribution in [3.63, 3.8) is 0 Å². The van der Waals surface area contributed by atoms with Crippen LogP contribution < -0.4 is 9.47 Å². The molecule has 15 heteroatoms. The Morgan fingerprint density at radius 1 is 0.392 bits per heavy atom. The number of hydrogen-bond acceptors (Lipinski definition) is 13. The van der Waals surface area contributed by atoms with E-state index in [-0.39, 0.29) is 0 Å². The molecule has 0 unspecified atom stereocenters. The number of aromatic nitrogens is 6. The van der Waals surface area contributed by atoms with E-state index in [1.54, 1.807) is 71.3 Å². The van der Waals surface area contributed by atoms with E-state index in [2.05, 4.69) is 197 Å². The molecule has 5 heterocycles. The highest BCUT2D eigenvalue weighted by atomic mass is 35.5. The van der Waals surface area contributed by atoms with Gasteiger partial charge in [-0.2, -0.15) is 0 Å². The van der Waals surface area contributed by atoms with Crippen LogP contribution in [0, 0.1) is 104 Å². The van der Waals surface area contributed by atoms with E-state index in [9.17, 15) is 0 Å². The third-order valence-electron chi connectivity index (χ3n) is 14.2. The first kappa shape index (κ1) is 91.6. The highest BCUT2D eigenvalue weighted by Gasteiger charge is 2.00. The summed E-state index contributed by atoms with van der Waals surface area (Å²) in [6.45, 7) is 39.0. The molecular formula is C87H110Cl2N6O3S4. The van der Waals surface area contributed by atoms with Crippen LogP contribution in [0.4, 0.5) is 0 Å². The number of methoxy groups -OCH3 is 2. The van der Waals surface area contributed by atoms with Crippen LogP contribution in [0.1, 0.15) is 132 Å². The van der Waals surface area contributed by atoms with Gasteiger partial charge in [-0.1, -0.05) is 247 Å². The van der Waals surface area contributed by atoms with E-state index in [1.807, 2.05) is 188 Å². The molecule has 544 valence electrons. The lowest BCUT2D eigenvalue weighted by atomic mass is 10.1. The summed E-state index contributed by atoms with van der Waals surface area (Å²) in [6.07, 6.45) is 6.25. The van der Waals surface area contributed by atoms with Crippen molar-refractivity contribution in [3.8, 4) is 11.5 Å². The van der Waals surface area contributed by atoms with Gasteiger partial charge in [0.05, 0.1) is 41.1 Å². The molecule has 13 aromatic rings. The molecule has 102 heavy (non-hydrogen) atoms. The predicted octanol–water partition coefficient (Wildman–Crippen LogP) is 26.3. The zero-order valence-corrected chi connectivity index (χ0v) is 68.9. The fourth-order valence-corrected chi connectivity index (χ4v) is 9.85. The van der Waals surface area contributed by atoms with E-state index in [0.29, 0.717) is 0 Å². The first-order chi connectivity index (χ1) is 48.8. The van der Waals surface area contributed by atoms with Gasteiger partial charge < -0.3 is 14.0 Å². The van der Waals surface area contributed by atoms with Gasteiger partial charge in [0.25, 0.3) is 0 Å². The summed E-state index contributed by atoms with van der Waals surface area (Å²) in [5.41, 5.74) is 21.3. The van der Waals surface area contributed by atoms with Crippen molar-refractivity contribution in [2.45, 2.75) is 157 Å². The molecule has 0 atom stereocenters. The third kappa shape index (κ3) is 47.7. The number of nitrogens with zero attached hydrogens (tertiary/aromatic N) is 6. The predicted molar refractivity (Wildman–Crippen MR) is 446 cm³/mol. The average Bonchev–Trinajstić information content (AvgIpc) is 1.79. The molecule has 5 aromatic heterocycles. The molecule has 0 saturated heterocycles. The molecule has 0 spiro atoms. The van der Waals surface area contributed by atoms with Gasteiger partial charge in [-0.05, 0) is 200 Å². The Kier molecular flexibility index (Phi) is 51.3. The molecule has 0 radical (unpaired) electrons. The van der Waals surface area contributed by atoms with Crippen molar-refractivity contribution in [3.05, 3.63) is 348 Å². The van der Waals surface area contributed by atoms with Gasteiger partial charge in [0, 0.05) is 43.1 Å². The highest BCUT2D eigenvalue weighted by Crippen LogP contribution is 2.16. The van der Waals surface area contributed by atoms with Gasteiger partial charge in [0.1, 0.15) is 27.8 Å². The second kappa shape index (κ2) is 57.1. The lowest BCUT2D eigenvalue weighted by Gasteiger charge is -1.99. The SMILES string of the molecule is CCc1ccc(C)cc1.CCc1ccc(Cl)cc1.CCc1ccc(OC)cc1.CCc1ccccc1.COc1ccc(C)cc1.Cc1ccc(C)cc1.Cc1ccc(Cl)cc1.Cc1ccccc1.Cc1cscn1.Cc1nc(C)c(C)s1.Cc1nccs1.Cc1nncs1.Cc1noc(C)c1C. The minimum absolute atomic E-state index is 0.801. The van der Waals surface area contributed by atoms with Crippen molar-refractivity contribution in [1.82, 2.24) is 30.3 Å². The number of rotatable bonds is 6. The average molecular weight is 1490 g/mol. The largest absolute Gasteiger partial charge is 0.497 e. The summed E-state index contributed by atoms with van der Waals surface area (Å²) in [5, 5.41) is 19.9. The van der Waals surface area contributed by atoms with Crippen molar-refractivity contribution in [2.75, 3.05) is 14.2 Å². The topological polar surface area (TPSA) is 109 Å². The summed E-state index contributed by atoms with van der Waals surface area (Å²) < 4.78 is 14.8. The Labute approximate surface area is 639 Å². The Bertz CT molecular complexity index is 3690. The molecule has 0 fully saturated rings. The fourth-order valence-electron chi connectivity index (χ4n) is 7.46. The molecular weight excluding hydrogens is 1380 g/mol. The van der Waals surface area contributed by atoms with Gasteiger partial charge in [-0.3, -0.25) is 9.97 Å². The number of hydrogen-bond donors (Lipinski definition) is 0. The van der Waals surface area contributed by atoms with Gasteiger partial charge in [0.15, 0.2) is 0 Å². The first-order valence-electron chi connectivity index (χ1n) is 33.9. The van der Waals surface area contributed by atoms with Crippen molar-refractivity contribution in [2.24, 2.45) is 0 Å². The van der Waals surface area contributed by atoms with Crippen molar-refractivity contribution in [1.29, 1.82) is 0 Å². The van der Waals surface area contributed by atoms with Crippen LogP contribution in [0.15, 0.2) is 239 Å². The lowest BCUT2D eigenvalue weighted by molar-refractivity contribution is 0.392. The quantitative estimate of drug-likeness (QED) is 0.161. The molecule has 0 aliphatic rings. The Morgan fingerprint density at radius 3 is 1.00 bits per heavy atom.